The summed E-state index contributed by atoms with van der Waals surface area (Å²) in [5.41, 5.74) is 3.05. The zero-order valence-corrected chi connectivity index (χ0v) is 19.4. The topological polar surface area (TPSA) is 102 Å². The lowest BCUT2D eigenvalue weighted by molar-refractivity contribution is -0.121. The third-order valence-corrected chi connectivity index (χ3v) is 6.93. The van der Waals surface area contributed by atoms with Gasteiger partial charge < -0.3 is 14.6 Å². The summed E-state index contributed by atoms with van der Waals surface area (Å²) < 4.78 is 38.5. The van der Waals surface area contributed by atoms with E-state index < -0.39 is 10.0 Å². The van der Waals surface area contributed by atoms with Crippen LogP contribution in [-0.2, 0) is 21.4 Å². The molecule has 0 saturated carbocycles. The second kappa shape index (κ2) is 9.86. The van der Waals surface area contributed by atoms with Gasteiger partial charge in [-0.2, -0.15) is 0 Å². The second-order valence-corrected chi connectivity index (χ2v) is 9.34. The number of nitrogens with zero attached hydrogens (tertiary/aromatic N) is 2. The number of benzene rings is 2. The van der Waals surface area contributed by atoms with E-state index in [1.807, 2.05) is 13.8 Å². The van der Waals surface area contributed by atoms with Gasteiger partial charge >= 0.3 is 0 Å². The Morgan fingerprint density at radius 2 is 1.78 bits per heavy atom. The van der Waals surface area contributed by atoms with Gasteiger partial charge in [-0.05, 0) is 68.3 Å². The van der Waals surface area contributed by atoms with Gasteiger partial charge in [-0.25, -0.2) is 8.42 Å². The van der Waals surface area contributed by atoms with Crippen LogP contribution < -0.4 is 14.4 Å². The molecule has 3 rings (SSSR count). The molecule has 1 amide bonds. The van der Waals surface area contributed by atoms with Gasteiger partial charge in [0.05, 0.1) is 29.9 Å². The van der Waals surface area contributed by atoms with Crippen LogP contribution >= 0.6 is 0 Å². The van der Waals surface area contributed by atoms with Crippen molar-refractivity contribution in [3.8, 4) is 5.75 Å². The molecule has 0 saturated heterocycles. The Kier molecular flexibility index (Phi) is 7.19. The minimum atomic E-state index is -3.89. The fraction of sp³-hybridized carbons (Fsp3) is 0.304. The van der Waals surface area contributed by atoms with Crippen molar-refractivity contribution in [2.45, 2.75) is 38.6 Å². The maximum atomic E-state index is 13.5. The van der Waals surface area contributed by atoms with E-state index >= 15 is 0 Å². The summed E-state index contributed by atoms with van der Waals surface area (Å²) in [4.78, 5) is 12.6. The Bertz CT molecular complexity index is 1190. The predicted molar refractivity (Wildman–Crippen MR) is 121 cm³/mol. The highest BCUT2D eigenvalue weighted by atomic mass is 32.2. The monoisotopic (exact) mass is 457 g/mol. The molecule has 3 aromatic rings. The molecule has 2 aromatic carbocycles. The van der Waals surface area contributed by atoms with Crippen LogP contribution in [0.1, 0.15) is 29.0 Å². The zero-order chi connectivity index (χ0) is 23.3. The first-order chi connectivity index (χ1) is 15.2. The molecule has 0 radical (unpaired) electrons. The minimum Gasteiger partial charge on any atom is -0.497 e. The molecule has 0 unspecified atom stereocenters. The average molecular weight is 458 g/mol. The van der Waals surface area contributed by atoms with Crippen molar-refractivity contribution in [1.29, 1.82) is 0 Å². The Morgan fingerprint density at radius 3 is 2.38 bits per heavy atom. The summed E-state index contributed by atoms with van der Waals surface area (Å²) in [5, 5.41) is 6.51. The summed E-state index contributed by atoms with van der Waals surface area (Å²) >= 11 is 0. The molecular weight excluding hydrogens is 430 g/mol. The molecule has 8 nitrogen and oxygen atoms in total. The SMILES string of the molecule is COc1ccc(N(CCC(=O)NCc2cc(C)no2)S(=O)(=O)c2ccc(C)c(C)c2)cc1. The number of ether oxygens (including phenoxy) is 1. The van der Waals surface area contributed by atoms with Crippen LogP contribution in [0.25, 0.3) is 0 Å². The number of anilines is 1. The third kappa shape index (κ3) is 5.47. The van der Waals surface area contributed by atoms with Gasteiger partial charge in [-0.15, -0.1) is 0 Å². The number of rotatable bonds is 9. The lowest BCUT2D eigenvalue weighted by Gasteiger charge is -2.25. The van der Waals surface area contributed by atoms with E-state index in [9.17, 15) is 13.2 Å². The average Bonchev–Trinajstić information content (AvgIpc) is 3.19. The minimum absolute atomic E-state index is 0.0246. The van der Waals surface area contributed by atoms with Gasteiger partial charge in [0, 0.05) is 19.0 Å². The summed E-state index contributed by atoms with van der Waals surface area (Å²) in [7, 11) is -2.35. The van der Waals surface area contributed by atoms with E-state index in [1.54, 1.807) is 62.6 Å². The van der Waals surface area contributed by atoms with E-state index in [0.717, 1.165) is 16.8 Å². The number of nitrogens with one attached hydrogen (secondary N) is 1. The number of methoxy groups -OCH3 is 1. The highest BCUT2D eigenvalue weighted by Crippen LogP contribution is 2.27. The number of carbonyl (C=O) groups is 1. The quantitative estimate of drug-likeness (QED) is 0.528. The van der Waals surface area contributed by atoms with Gasteiger partial charge in [0.1, 0.15) is 5.75 Å². The normalized spacial score (nSPS) is 11.2. The fourth-order valence-electron chi connectivity index (χ4n) is 3.11. The van der Waals surface area contributed by atoms with Crippen molar-refractivity contribution < 1.29 is 22.5 Å². The van der Waals surface area contributed by atoms with Crippen LogP contribution in [0.4, 0.5) is 5.69 Å². The first-order valence-electron chi connectivity index (χ1n) is 10.1. The number of aryl methyl sites for hydroxylation is 3. The number of carbonyl (C=O) groups excluding carboxylic acids is 1. The summed E-state index contributed by atoms with van der Waals surface area (Å²) in [6.07, 6.45) is -0.0246. The molecule has 0 aliphatic carbocycles. The molecular formula is C23H27N3O5S. The van der Waals surface area contributed by atoms with E-state index in [1.165, 1.54) is 4.31 Å². The smallest absolute Gasteiger partial charge is 0.264 e. The Hall–Kier alpha value is -3.33. The number of aromatic nitrogens is 1. The molecule has 32 heavy (non-hydrogen) atoms. The Balaban J connectivity index is 1.81. The highest BCUT2D eigenvalue weighted by molar-refractivity contribution is 7.92. The van der Waals surface area contributed by atoms with Gasteiger partial charge in [0.2, 0.25) is 5.91 Å². The van der Waals surface area contributed by atoms with Gasteiger partial charge in [0.15, 0.2) is 5.76 Å². The maximum absolute atomic E-state index is 13.5. The molecule has 0 fully saturated rings. The van der Waals surface area contributed by atoms with Crippen molar-refractivity contribution >= 4 is 21.6 Å². The first kappa shape index (κ1) is 23.3. The van der Waals surface area contributed by atoms with Gasteiger partial charge in [-0.3, -0.25) is 9.10 Å². The molecule has 170 valence electrons. The zero-order valence-electron chi connectivity index (χ0n) is 18.6. The third-order valence-electron chi connectivity index (χ3n) is 5.11. The van der Waals surface area contributed by atoms with E-state index in [0.29, 0.717) is 17.2 Å². The molecule has 0 aliphatic heterocycles. The standard InChI is InChI=1S/C23H27N3O5S/c1-16-5-10-22(13-17(16)2)32(28,29)26(19-6-8-20(30-4)9-7-19)12-11-23(27)24-15-21-14-18(3)25-31-21/h5-10,13-14H,11-12,15H2,1-4H3,(H,24,27). The Labute approximate surface area is 188 Å². The van der Waals surface area contributed by atoms with Gasteiger partial charge in [-0.1, -0.05) is 11.2 Å². The van der Waals surface area contributed by atoms with E-state index in [-0.39, 0.29) is 30.3 Å². The van der Waals surface area contributed by atoms with Crippen molar-refractivity contribution in [3.05, 3.63) is 71.1 Å². The molecule has 1 N–H and O–H groups in total. The number of sulfonamides is 1. The van der Waals surface area contributed by atoms with Crippen LogP contribution in [-0.4, -0.2) is 33.1 Å². The molecule has 0 bridgehead atoms. The van der Waals surface area contributed by atoms with Crippen molar-refractivity contribution in [3.63, 3.8) is 0 Å². The molecule has 1 heterocycles. The summed E-state index contributed by atoms with van der Waals surface area (Å²) in [5.74, 6) is 0.843. The predicted octanol–water partition coefficient (Wildman–Crippen LogP) is 3.51. The largest absolute Gasteiger partial charge is 0.497 e. The maximum Gasteiger partial charge on any atom is 0.264 e. The number of hydrogen-bond donors (Lipinski definition) is 1. The van der Waals surface area contributed by atoms with Crippen LogP contribution in [0, 0.1) is 20.8 Å². The molecule has 1 aromatic heterocycles. The van der Waals surface area contributed by atoms with E-state index in [4.69, 9.17) is 9.26 Å². The number of hydrogen-bond acceptors (Lipinski definition) is 6. The second-order valence-electron chi connectivity index (χ2n) is 7.48. The Morgan fingerprint density at radius 1 is 1.06 bits per heavy atom. The molecule has 0 spiro atoms. The number of amides is 1. The van der Waals surface area contributed by atoms with Crippen molar-refractivity contribution in [2.75, 3.05) is 18.0 Å². The summed E-state index contributed by atoms with van der Waals surface area (Å²) in [6.45, 7) is 5.74. The lowest BCUT2D eigenvalue weighted by Crippen LogP contribution is -2.35. The molecule has 0 aliphatic rings. The first-order valence-corrected chi connectivity index (χ1v) is 11.6. The fourth-order valence-corrected chi connectivity index (χ4v) is 4.67. The van der Waals surface area contributed by atoms with Crippen LogP contribution in [0.15, 0.2) is 57.9 Å². The van der Waals surface area contributed by atoms with Crippen LogP contribution in [0.2, 0.25) is 0 Å². The molecule has 9 heteroatoms. The van der Waals surface area contributed by atoms with E-state index in [2.05, 4.69) is 10.5 Å². The molecule has 0 atom stereocenters. The van der Waals surface area contributed by atoms with Crippen LogP contribution in [0.3, 0.4) is 0 Å². The van der Waals surface area contributed by atoms with Crippen molar-refractivity contribution in [2.24, 2.45) is 0 Å². The summed E-state index contributed by atoms with van der Waals surface area (Å²) in [6, 6.07) is 13.4. The van der Waals surface area contributed by atoms with Gasteiger partial charge in [0.25, 0.3) is 10.0 Å². The van der Waals surface area contributed by atoms with Crippen molar-refractivity contribution in [1.82, 2.24) is 10.5 Å². The highest BCUT2D eigenvalue weighted by Gasteiger charge is 2.26. The lowest BCUT2D eigenvalue weighted by atomic mass is 10.1. The van der Waals surface area contributed by atoms with Crippen LogP contribution in [0.5, 0.6) is 5.75 Å².